The predicted molar refractivity (Wildman–Crippen MR) is 121 cm³/mol. The SMILES string of the molecule is Cc1ccc(C2=C(Nc3ccc4c(c3)OCO4)C(=O)N(CCc3ccccc3)C2=O)cc1. The molecule has 6 heteroatoms. The molecule has 0 unspecified atom stereocenters. The zero-order valence-corrected chi connectivity index (χ0v) is 17.6. The maximum atomic E-state index is 13.4. The zero-order valence-electron chi connectivity index (χ0n) is 17.6. The second-order valence-electron chi connectivity index (χ2n) is 7.81. The summed E-state index contributed by atoms with van der Waals surface area (Å²) in [5, 5.41) is 3.17. The van der Waals surface area contributed by atoms with Crippen LogP contribution in [0.3, 0.4) is 0 Å². The van der Waals surface area contributed by atoms with Gasteiger partial charge in [0.2, 0.25) is 6.79 Å². The van der Waals surface area contributed by atoms with Crippen LogP contribution in [0.15, 0.2) is 78.5 Å². The molecular formula is C26H22N2O4. The molecule has 0 spiro atoms. The number of anilines is 1. The standard InChI is InChI=1S/C26H22N2O4/c1-17-7-9-19(10-8-17)23-24(27-20-11-12-21-22(15-20)32-16-31-21)26(30)28(25(23)29)14-13-18-5-3-2-4-6-18/h2-12,15,27H,13-14,16H2,1H3. The largest absolute Gasteiger partial charge is 0.454 e. The van der Waals surface area contributed by atoms with Crippen molar-refractivity contribution in [1.29, 1.82) is 0 Å². The molecule has 32 heavy (non-hydrogen) atoms. The van der Waals surface area contributed by atoms with E-state index >= 15 is 0 Å². The number of carbonyl (C=O) groups is 2. The second-order valence-corrected chi connectivity index (χ2v) is 7.81. The first-order valence-electron chi connectivity index (χ1n) is 10.5. The summed E-state index contributed by atoms with van der Waals surface area (Å²) >= 11 is 0. The monoisotopic (exact) mass is 426 g/mol. The summed E-state index contributed by atoms with van der Waals surface area (Å²) in [6.07, 6.45) is 0.594. The molecule has 0 saturated heterocycles. The number of aryl methyl sites for hydroxylation is 1. The number of hydrogen-bond acceptors (Lipinski definition) is 5. The number of rotatable bonds is 6. The van der Waals surface area contributed by atoms with E-state index in [0.29, 0.717) is 41.3 Å². The Morgan fingerprint density at radius 3 is 2.41 bits per heavy atom. The minimum Gasteiger partial charge on any atom is -0.454 e. The highest BCUT2D eigenvalue weighted by Crippen LogP contribution is 2.36. The first kappa shape index (κ1) is 19.9. The van der Waals surface area contributed by atoms with Crippen molar-refractivity contribution in [1.82, 2.24) is 4.90 Å². The van der Waals surface area contributed by atoms with Gasteiger partial charge in [0.15, 0.2) is 11.5 Å². The van der Waals surface area contributed by atoms with E-state index in [9.17, 15) is 9.59 Å². The normalized spacial score (nSPS) is 15.0. The van der Waals surface area contributed by atoms with Crippen molar-refractivity contribution in [3.8, 4) is 11.5 Å². The maximum Gasteiger partial charge on any atom is 0.278 e. The quantitative estimate of drug-likeness (QED) is 0.600. The molecule has 3 aromatic carbocycles. The van der Waals surface area contributed by atoms with Gasteiger partial charge in [-0.05, 0) is 36.6 Å². The molecular weight excluding hydrogens is 404 g/mol. The van der Waals surface area contributed by atoms with Gasteiger partial charge in [-0.25, -0.2) is 0 Å². The van der Waals surface area contributed by atoms with Crippen molar-refractivity contribution in [3.05, 3.63) is 95.2 Å². The fourth-order valence-electron chi connectivity index (χ4n) is 3.89. The van der Waals surface area contributed by atoms with Gasteiger partial charge in [0, 0.05) is 18.3 Å². The van der Waals surface area contributed by atoms with Crippen LogP contribution in [-0.2, 0) is 16.0 Å². The lowest BCUT2D eigenvalue weighted by Gasteiger charge is -2.15. The lowest BCUT2D eigenvalue weighted by atomic mass is 10.0. The van der Waals surface area contributed by atoms with E-state index in [-0.39, 0.29) is 24.3 Å². The van der Waals surface area contributed by atoms with Gasteiger partial charge in [0.25, 0.3) is 11.8 Å². The fraction of sp³-hybridized carbons (Fsp3) is 0.154. The van der Waals surface area contributed by atoms with E-state index in [1.165, 1.54) is 4.90 Å². The van der Waals surface area contributed by atoms with E-state index in [1.54, 1.807) is 18.2 Å². The van der Waals surface area contributed by atoms with Gasteiger partial charge >= 0.3 is 0 Å². The van der Waals surface area contributed by atoms with Crippen molar-refractivity contribution >= 4 is 23.1 Å². The second kappa shape index (κ2) is 8.23. The average Bonchev–Trinajstić information content (AvgIpc) is 3.36. The summed E-state index contributed by atoms with van der Waals surface area (Å²) in [7, 11) is 0. The van der Waals surface area contributed by atoms with Gasteiger partial charge in [-0.3, -0.25) is 14.5 Å². The zero-order chi connectivity index (χ0) is 22.1. The molecule has 2 aliphatic rings. The van der Waals surface area contributed by atoms with E-state index in [2.05, 4.69) is 5.32 Å². The van der Waals surface area contributed by atoms with Gasteiger partial charge in [-0.2, -0.15) is 0 Å². The van der Waals surface area contributed by atoms with Crippen LogP contribution in [0, 0.1) is 6.92 Å². The van der Waals surface area contributed by atoms with Gasteiger partial charge in [-0.1, -0.05) is 60.2 Å². The van der Waals surface area contributed by atoms with Crippen LogP contribution in [-0.4, -0.2) is 30.1 Å². The molecule has 1 N–H and O–H groups in total. The van der Waals surface area contributed by atoms with Gasteiger partial charge < -0.3 is 14.8 Å². The number of fused-ring (bicyclic) bond motifs is 1. The lowest BCUT2D eigenvalue weighted by molar-refractivity contribution is -0.136. The minimum absolute atomic E-state index is 0.167. The van der Waals surface area contributed by atoms with Gasteiger partial charge in [-0.15, -0.1) is 0 Å². The summed E-state index contributed by atoms with van der Waals surface area (Å²) in [4.78, 5) is 28.0. The number of amides is 2. The van der Waals surface area contributed by atoms with E-state index in [1.807, 2.05) is 61.5 Å². The van der Waals surface area contributed by atoms with Crippen LogP contribution in [0.5, 0.6) is 11.5 Å². The molecule has 0 fully saturated rings. The Balaban J connectivity index is 1.47. The van der Waals surface area contributed by atoms with Crippen molar-refractivity contribution in [2.45, 2.75) is 13.3 Å². The molecule has 0 aliphatic carbocycles. The third-order valence-corrected chi connectivity index (χ3v) is 5.62. The molecule has 0 aromatic heterocycles. The number of nitrogens with zero attached hydrogens (tertiary/aromatic N) is 1. The molecule has 0 radical (unpaired) electrons. The summed E-state index contributed by atoms with van der Waals surface area (Å²) in [5.74, 6) is 0.629. The number of imide groups is 1. The van der Waals surface area contributed by atoms with E-state index in [0.717, 1.165) is 11.1 Å². The highest BCUT2D eigenvalue weighted by molar-refractivity contribution is 6.36. The first-order chi connectivity index (χ1) is 15.6. The molecule has 0 atom stereocenters. The highest BCUT2D eigenvalue weighted by atomic mass is 16.7. The summed E-state index contributed by atoms with van der Waals surface area (Å²) in [6, 6.07) is 22.8. The Morgan fingerprint density at radius 1 is 0.875 bits per heavy atom. The van der Waals surface area contributed by atoms with Crippen molar-refractivity contribution in [2.24, 2.45) is 0 Å². The lowest BCUT2D eigenvalue weighted by Crippen LogP contribution is -2.34. The van der Waals surface area contributed by atoms with Crippen LogP contribution in [0.25, 0.3) is 5.57 Å². The van der Waals surface area contributed by atoms with Crippen molar-refractivity contribution in [2.75, 3.05) is 18.7 Å². The molecule has 5 rings (SSSR count). The van der Waals surface area contributed by atoms with Crippen LogP contribution in [0.4, 0.5) is 5.69 Å². The summed E-state index contributed by atoms with van der Waals surface area (Å²) in [6.45, 7) is 2.46. The summed E-state index contributed by atoms with van der Waals surface area (Å²) in [5.41, 5.74) is 4.16. The van der Waals surface area contributed by atoms with Crippen LogP contribution < -0.4 is 14.8 Å². The number of ether oxygens (including phenoxy) is 2. The van der Waals surface area contributed by atoms with Crippen molar-refractivity contribution in [3.63, 3.8) is 0 Å². The van der Waals surface area contributed by atoms with Crippen LogP contribution in [0.1, 0.15) is 16.7 Å². The average molecular weight is 426 g/mol. The third kappa shape index (κ3) is 3.71. The molecule has 3 aromatic rings. The Hall–Kier alpha value is -4.06. The fourth-order valence-corrected chi connectivity index (χ4v) is 3.89. The summed E-state index contributed by atoms with van der Waals surface area (Å²) < 4.78 is 10.8. The molecule has 0 bridgehead atoms. The highest BCUT2D eigenvalue weighted by Gasteiger charge is 2.39. The number of nitrogens with one attached hydrogen (secondary N) is 1. The predicted octanol–water partition coefficient (Wildman–Crippen LogP) is 4.16. The maximum absolute atomic E-state index is 13.4. The Bertz CT molecular complexity index is 1220. The number of benzene rings is 3. The van der Waals surface area contributed by atoms with Gasteiger partial charge in [0.1, 0.15) is 5.70 Å². The molecule has 6 nitrogen and oxygen atoms in total. The topological polar surface area (TPSA) is 67.9 Å². The van der Waals surface area contributed by atoms with Crippen LogP contribution >= 0.6 is 0 Å². The number of hydrogen-bond donors (Lipinski definition) is 1. The van der Waals surface area contributed by atoms with Crippen molar-refractivity contribution < 1.29 is 19.1 Å². The minimum atomic E-state index is -0.334. The van der Waals surface area contributed by atoms with E-state index in [4.69, 9.17) is 9.47 Å². The molecule has 160 valence electrons. The first-order valence-corrected chi connectivity index (χ1v) is 10.5. The smallest absolute Gasteiger partial charge is 0.278 e. The molecule has 2 aliphatic heterocycles. The van der Waals surface area contributed by atoms with Gasteiger partial charge in [0.05, 0.1) is 5.57 Å². The number of carbonyl (C=O) groups excluding carboxylic acids is 2. The Kier molecular flexibility index (Phi) is 5.11. The van der Waals surface area contributed by atoms with E-state index < -0.39 is 0 Å². The molecule has 0 saturated carbocycles. The Labute approximate surface area is 186 Å². The van der Waals surface area contributed by atoms with Crippen LogP contribution in [0.2, 0.25) is 0 Å². The molecule has 2 heterocycles. The third-order valence-electron chi connectivity index (χ3n) is 5.62. The molecule has 2 amide bonds. The Morgan fingerprint density at radius 2 is 1.62 bits per heavy atom.